The number of amides is 2. The average molecular weight is 540 g/mol. The van der Waals surface area contributed by atoms with Crippen LogP contribution >= 0.6 is 0 Å². The Hall–Kier alpha value is -3.10. The number of ether oxygens (including phenoxy) is 2. The van der Waals surface area contributed by atoms with Crippen molar-refractivity contribution in [1.29, 1.82) is 0 Å². The highest BCUT2D eigenvalue weighted by molar-refractivity contribution is 5.85. The van der Waals surface area contributed by atoms with Gasteiger partial charge in [-0.1, -0.05) is 42.5 Å². The number of aliphatic hydroxyl groups is 1. The Morgan fingerprint density at radius 2 is 1.67 bits per heavy atom. The van der Waals surface area contributed by atoms with Crippen LogP contribution in [-0.2, 0) is 22.6 Å². The zero-order valence-corrected chi connectivity index (χ0v) is 24.2. The van der Waals surface area contributed by atoms with Crippen LogP contribution in [0.1, 0.15) is 71.9 Å². The summed E-state index contributed by atoms with van der Waals surface area (Å²) in [5, 5.41) is 14.4. The van der Waals surface area contributed by atoms with E-state index >= 15 is 0 Å². The topological polar surface area (TPSA) is 114 Å². The molecule has 3 atom stereocenters. The van der Waals surface area contributed by atoms with Gasteiger partial charge in [0.15, 0.2) is 0 Å². The normalized spacial score (nSPS) is 19.8. The molecule has 1 fully saturated rings. The molecule has 0 radical (unpaired) electrons. The maximum Gasteiger partial charge on any atom is 0.407 e. The van der Waals surface area contributed by atoms with E-state index in [0.717, 1.165) is 23.3 Å². The van der Waals surface area contributed by atoms with E-state index in [1.165, 1.54) is 0 Å². The van der Waals surface area contributed by atoms with E-state index in [-0.39, 0.29) is 24.2 Å². The van der Waals surface area contributed by atoms with E-state index in [0.29, 0.717) is 19.4 Å². The molecule has 8 nitrogen and oxygen atoms in total. The monoisotopic (exact) mass is 539 g/mol. The second-order valence-corrected chi connectivity index (χ2v) is 12.5. The van der Waals surface area contributed by atoms with Crippen molar-refractivity contribution in [2.24, 2.45) is 5.73 Å². The van der Waals surface area contributed by atoms with Crippen molar-refractivity contribution in [3.63, 3.8) is 0 Å². The highest BCUT2D eigenvalue weighted by atomic mass is 16.5. The lowest BCUT2D eigenvalue weighted by molar-refractivity contribution is -0.134. The first-order valence-electron chi connectivity index (χ1n) is 13.7. The maximum absolute atomic E-state index is 12.9. The van der Waals surface area contributed by atoms with Gasteiger partial charge in [-0.05, 0) is 90.6 Å². The molecule has 0 unspecified atom stereocenters. The lowest BCUT2D eigenvalue weighted by Crippen LogP contribution is -2.62. The fourth-order valence-electron chi connectivity index (χ4n) is 5.41. The van der Waals surface area contributed by atoms with Crippen molar-refractivity contribution in [2.45, 2.75) is 103 Å². The van der Waals surface area contributed by atoms with Gasteiger partial charge < -0.3 is 25.6 Å². The van der Waals surface area contributed by atoms with Crippen molar-refractivity contribution in [1.82, 2.24) is 10.2 Å². The number of primary amides is 1. The second kappa shape index (κ2) is 12.4. The Labute approximate surface area is 232 Å². The number of hydrogen-bond donors (Lipinski definition) is 3. The highest BCUT2D eigenvalue weighted by Gasteiger charge is 2.51. The number of carbonyl (C=O) groups is 2. The van der Waals surface area contributed by atoms with E-state index < -0.39 is 29.7 Å². The van der Waals surface area contributed by atoms with Gasteiger partial charge in [-0.3, -0.25) is 9.69 Å². The van der Waals surface area contributed by atoms with Crippen LogP contribution in [0, 0.1) is 0 Å². The minimum Gasteiger partial charge on any atom is -0.488 e. The van der Waals surface area contributed by atoms with Crippen LogP contribution in [0.3, 0.4) is 0 Å². The van der Waals surface area contributed by atoms with Crippen LogP contribution in [-0.4, -0.2) is 57.4 Å². The first-order chi connectivity index (χ1) is 18.2. The number of rotatable bonds is 10. The summed E-state index contributed by atoms with van der Waals surface area (Å²) >= 11 is 0. The zero-order valence-electron chi connectivity index (χ0n) is 24.2. The molecule has 8 heteroatoms. The van der Waals surface area contributed by atoms with E-state index in [2.05, 4.69) is 10.2 Å². The molecular weight excluding hydrogens is 494 g/mol. The van der Waals surface area contributed by atoms with Gasteiger partial charge in [0.2, 0.25) is 5.91 Å². The van der Waals surface area contributed by atoms with Crippen molar-refractivity contribution >= 4 is 12.0 Å². The summed E-state index contributed by atoms with van der Waals surface area (Å²) in [6, 6.07) is 16.3. The van der Waals surface area contributed by atoms with E-state index in [9.17, 15) is 14.7 Å². The number of nitrogens with zero attached hydrogens (tertiary/aromatic N) is 1. The molecule has 2 aromatic carbocycles. The molecule has 1 saturated heterocycles. The number of benzene rings is 2. The Balaban J connectivity index is 1.80. The molecular formula is C31H45N3O5. The van der Waals surface area contributed by atoms with Crippen LogP contribution in [0.4, 0.5) is 4.79 Å². The van der Waals surface area contributed by atoms with Gasteiger partial charge in [0.25, 0.3) is 0 Å². The third-order valence-corrected chi connectivity index (χ3v) is 7.09. The van der Waals surface area contributed by atoms with E-state index in [1.807, 2.05) is 96.1 Å². The number of carbonyl (C=O) groups excluding carboxylic acids is 2. The van der Waals surface area contributed by atoms with Gasteiger partial charge in [-0.25, -0.2) is 4.79 Å². The van der Waals surface area contributed by atoms with Crippen LogP contribution in [0.25, 0.3) is 0 Å². The molecule has 214 valence electrons. The molecule has 0 aromatic heterocycles. The standard InChI is InChI=1S/C31H45N3O5/c1-29(2,3)34-18-10-17-31(34,27(32)36)20-26(35)25(33-28(37)38-21-23-11-8-7-9-12-23)19-22-13-15-24(16-14-22)39-30(4,5)6/h7-9,11-16,25-26,35H,10,17-21H2,1-6H3,(H2,32,36)(H,33,37)/t25-,26+,31+/m0/s1. The number of nitrogens with two attached hydrogens (primary N) is 1. The third-order valence-electron chi connectivity index (χ3n) is 7.09. The van der Waals surface area contributed by atoms with Crippen LogP contribution in [0.15, 0.2) is 54.6 Å². The molecule has 3 rings (SSSR count). The molecule has 0 spiro atoms. The molecule has 1 aliphatic rings. The number of hydrogen-bond acceptors (Lipinski definition) is 6. The van der Waals surface area contributed by atoms with Gasteiger partial charge in [0.1, 0.15) is 23.5 Å². The van der Waals surface area contributed by atoms with Crippen LogP contribution in [0.2, 0.25) is 0 Å². The number of likely N-dealkylation sites (tertiary alicyclic amines) is 1. The molecule has 0 aliphatic carbocycles. The van der Waals surface area contributed by atoms with Crippen molar-refractivity contribution in [3.05, 3.63) is 65.7 Å². The molecule has 39 heavy (non-hydrogen) atoms. The summed E-state index contributed by atoms with van der Waals surface area (Å²) in [7, 11) is 0. The van der Waals surface area contributed by atoms with E-state index in [1.54, 1.807) is 0 Å². The summed E-state index contributed by atoms with van der Waals surface area (Å²) in [5.41, 5.74) is 6.10. The van der Waals surface area contributed by atoms with Crippen LogP contribution < -0.4 is 15.8 Å². The smallest absolute Gasteiger partial charge is 0.407 e. The van der Waals surface area contributed by atoms with Gasteiger partial charge in [-0.15, -0.1) is 0 Å². The summed E-state index contributed by atoms with van der Waals surface area (Å²) in [6.45, 7) is 12.9. The quantitative estimate of drug-likeness (QED) is 0.408. The minimum atomic E-state index is -1.05. The van der Waals surface area contributed by atoms with Crippen molar-refractivity contribution < 1.29 is 24.2 Å². The summed E-state index contributed by atoms with van der Waals surface area (Å²) in [6.07, 6.45) is 0.119. The Bertz CT molecular complexity index is 1090. The Kier molecular flexibility index (Phi) is 9.67. The number of aliphatic hydroxyl groups excluding tert-OH is 1. The second-order valence-electron chi connectivity index (χ2n) is 12.5. The summed E-state index contributed by atoms with van der Waals surface area (Å²) in [5.74, 6) is 0.279. The highest BCUT2D eigenvalue weighted by Crippen LogP contribution is 2.39. The predicted molar refractivity (Wildman–Crippen MR) is 152 cm³/mol. The largest absolute Gasteiger partial charge is 0.488 e. The maximum atomic E-state index is 12.9. The number of nitrogens with one attached hydrogen (secondary N) is 1. The zero-order chi connectivity index (χ0) is 28.8. The number of alkyl carbamates (subject to hydrolysis) is 1. The lowest BCUT2D eigenvalue weighted by atomic mass is 9.83. The molecule has 4 N–H and O–H groups in total. The fraction of sp³-hybridized carbons (Fsp3) is 0.548. The van der Waals surface area contributed by atoms with Gasteiger partial charge >= 0.3 is 6.09 Å². The summed E-state index contributed by atoms with van der Waals surface area (Å²) < 4.78 is 11.4. The fourth-order valence-corrected chi connectivity index (χ4v) is 5.41. The van der Waals surface area contributed by atoms with E-state index in [4.69, 9.17) is 15.2 Å². The molecule has 0 bridgehead atoms. The van der Waals surface area contributed by atoms with Gasteiger partial charge in [-0.2, -0.15) is 0 Å². The molecule has 1 aliphatic heterocycles. The van der Waals surface area contributed by atoms with Gasteiger partial charge in [0.05, 0.1) is 12.1 Å². The van der Waals surface area contributed by atoms with Crippen molar-refractivity contribution in [2.75, 3.05) is 6.54 Å². The summed E-state index contributed by atoms with van der Waals surface area (Å²) in [4.78, 5) is 27.8. The SMILES string of the molecule is CC(C)(C)Oc1ccc(C[C@H](NC(=O)OCc2ccccc2)[C@H](O)C[C@@]2(C(N)=O)CCCN2C(C)(C)C)cc1. The molecule has 0 saturated carbocycles. The predicted octanol–water partition coefficient (Wildman–Crippen LogP) is 4.57. The Morgan fingerprint density at radius 1 is 1.03 bits per heavy atom. The first-order valence-corrected chi connectivity index (χ1v) is 13.7. The lowest BCUT2D eigenvalue weighted by Gasteiger charge is -2.45. The Morgan fingerprint density at radius 3 is 2.23 bits per heavy atom. The average Bonchev–Trinajstić information content (AvgIpc) is 3.29. The first kappa shape index (κ1) is 30.4. The molecule has 2 amide bonds. The third kappa shape index (κ3) is 8.44. The van der Waals surface area contributed by atoms with Crippen LogP contribution in [0.5, 0.6) is 5.75 Å². The van der Waals surface area contributed by atoms with Crippen molar-refractivity contribution in [3.8, 4) is 5.75 Å². The minimum absolute atomic E-state index is 0.106. The van der Waals surface area contributed by atoms with Gasteiger partial charge in [0, 0.05) is 12.0 Å². The molecule has 2 aromatic rings. The molecule has 1 heterocycles.